The number of aromatic nitrogens is 2. The van der Waals surface area contributed by atoms with Crippen molar-refractivity contribution in [2.75, 3.05) is 0 Å². The van der Waals surface area contributed by atoms with E-state index in [2.05, 4.69) is 20.9 Å². The van der Waals surface area contributed by atoms with Gasteiger partial charge in [0.1, 0.15) is 5.52 Å². The van der Waals surface area contributed by atoms with Crippen molar-refractivity contribution in [1.29, 1.82) is 0 Å². The van der Waals surface area contributed by atoms with E-state index < -0.39 is 11.6 Å². The molecule has 2 aromatic carbocycles. The molecule has 3 aromatic rings. The molecule has 0 unspecified atom stereocenters. The molecule has 0 saturated heterocycles. The summed E-state index contributed by atoms with van der Waals surface area (Å²) in [6, 6.07) is 5.97. The number of fused-ring (bicyclic) bond motifs is 1. The molecular formula is C14H8BrClF2N2S. The molecule has 1 heterocycles. The molecule has 2 nitrogen and oxygen atoms in total. The molecule has 0 aliphatic heterocycles. The Kier molecular flexibility index (Phi) is 3.63. The third-order valence-corrected chi connectivity index (χ3v) is 4.53. The molecule has 21 heavy (non-hydrogen) atoms. The molecule has 0 bridgehead atoms. The van der Waals surface area contributed by atoms with E-state index in [0.29, 0.717) is 20.7 Å². The van der Waals surface area contributed by atoms with Crippen molar-refractivity contribution in [3.63, 3.8) is 0 Å². The summed E-state index contributed by atoms with van der Waals surface area (Å²) in [7, 11) is 0. The molecule has 1 aromatic heterocycles. The highest BCUT2D eigenvalue weighted by Gasteiger charge is 2.17. The lowest BCUT2D eigenvalue weighted by molar-refractivity contribution is 0.514. The lowest BCUT2D eigenvalue weighted by atomic mass is 10.2. The smallest absolute Gasteiger partial charge is 0.184 e. The Morgan fingerprint density at radius 2 is 2.00 bits per heavy atom. The van der Waals surface area contributed by atoms with Crippen molar-refractivity contribution in [2.45, 2.75) is 6.92 Å². The lowest BCUT2D eigenvalue weighted by Crippen LogP contribution is -1.99. The minimum Gasteiger partial charge on any atom is -0.330 e. The van der Waals surface area contributed by atoms with Gasteiger partial charge in [-0.3, -0.25) is 4.57 Å². The summed E-state index contributed by atoms with van der Waals surface area (Å²) >= 11 is 14.8. The number of hydrogen-bond donors (Lipinski definition) is 1. The predicted molar refractivity (Wildman–Crippen MR) is 85.8 cm³/mol. The minimum absolute atomic E-state index is 0.0561. The van der Waals surface area contributed by atoms with Crippen LogP contribution in [0.15, 0.2) is 28.7 Å². The molecule has 0 radical (unpaired) electrons. The first-order valence-corrected chi connectivity index (χ1v) is 7.53. The minimum atomic E-state index is -0.955. The second-order valence-electron chi connectivity index (χ2n) is 4.58. The van der Waals surface area contributed by atoms with Gasteiger partial charge in [0.2, 0.25) is 0 Å². The Labute approximate surface area is 137 Å². The monoisotopic (exact) mass is 388 g/mol. The molecule has 0 saturated carbocycles. The van der Waals surface area contributed by atoms with Gasteiger partial charge in [-0.2, -0.15) is 0 Å². The highest BCUT2D eigenvalue weighted by Crippen LogP contribution is 2.32. The van der Waals surface area contributed by atoms with Crippen LogP contribution < -0.4 is 0 Å². The van der Waals surface area contributed by atoms with Crippen molar-refractivity contribution < 1.29 is 8.78 Å². The summed E-state index contributed by atoms with van der Waals surface area (Å²) in [5, 5.41) is 0.515. The highest BCUT2D eigenvalue weighted by molar-refractivity contribution is 9.10. The number of aryl methyl sites for hydroxylation is 1. The van der Waals surface area contributed by atoms with Gasteiger partial charge in [0, 0.05) is 9.50 Å². The van der Waals surface area contributed by atoms with Crippen LogP contribution in [-0.2, 0) is 0 Å². The standard InChI is InChI=1S/C14H8BrClF2N2S/c1-6-4-7(15)11(5-8(6)16)20-13-10(19-14(20)21)3-2-9(17)12(13)18/h2-5H,1H3,(H,19,21). The molecule has 1 N–H and O–H groups in total. The van der Waals surface area contributed by atoms with Crippen LogP contribution >= 0.6 is 39.7 Å². The largest absolute Gasteiger partial charge is 0.330 e. The number of aromatic amines is 1. The molecule has 108 valence electrons. The zero-order valence-corrected chi connectivity index (χ0v) is 13.8. The van der Waals surface area contributed by atoms with E-state index in [1.165, 1.54) is 10.6 Å². The molecule has 0 amide bonds. The van der Waals surface area contributed by atoms with E-state index in [0.717, 1.165) is 11.6 Å². The van der Waals surface area contributed by atoms with Gasteiger partial charge in [-0.1, -0.05) is 11.6 Å². The molecule has 0 spiro atoms. The Morgan fingerprint density at radius 3 is 2.71 bits per heavy atom. The average Bonchev–Trinajstić information content (AvgIpc) is 2.75. The Balaban J connectivity index is 2.46. The van der Waals surface area contributed by atoms with Crippen LogP contribution in [-0.4, -0.2) is 9.55 Å². The number of nitrogens with zero attached hydrogens (tertiary/aromatic N) is 1. The third-order valence-electron chi connectivity index (χ3n) is 3.21. The summed E-state index contributed by atoms with van der Waals surface area (Å²) in [5.41, 5.74) is 1.89. The summed E-state index contributed by atoms with van der Waals surface area (Å²) < 4.78 is 30.1. The lowest BCUT2D eigenvalue weighted by Gasteiger charge is -2.10. The number of rotatable bonds is 1. The van der Waals surface area contributed by atoms with Crippen molar-refractivity contribution in [3.8, 4) is 5.69 Å². The number of benzene rings is 2. The van der Waals surface area contributed by atoms with Crippen LogP contribution in [0, 0.1) is 23.3 Å². The molecule has 0 aliphatic carbocycles. The van der Waals surface area contributed by atoms with E-state index in [4.69, 9.17) is 23.8 Å². The van der Waals surface area contributed by atoms with Gasteiger partial charge in [0.15, 0.2) is 16.4 Å². The third kappa shape index (κ3) is 2.31. The second-order valence-corrected chi connectivity index (χ2v) is 6.22. The van der Waals surface area contributed by atoms with Gasteiger partial charge in [0.25, 0.3) is 0 Å². The highest BCUT2D eigenvalue weighted by atomic mass is 79.9. The van der Waals surface area contributed by atoms with Gasteiger partial charge >= 0.3 is 0 Å². The van der Waals surface area contributed by atoms with Crippen LogP contribution in [0.4, 0.5) is 8.78 Å². The van der Waals surface area contributed by atoms with E-state index >= 15 is 0 Å². The van der Waals surface area contributed by atoms with Gasteiger partial charge in [-0.15, -0.1) is 0 Å². The number of halogens is 4. The van der Waals surface area contributed by atoms with Crippen LogP contribution in [0.25, 0.3) is 16.7 Å². The quantitative estimate of drug-likeness (QED) is 0.530. The zero-order chi connectivity index (χ0) is 15.3. The number of nitrogens with one attached hydrogen (secondary N) is 1. The van der Waals surface area contributed by atoms with Crippen molar-refractivity contribution in [3.05, 3.63) is 55.7 Å². The molecule has 0 atom stereocenters. The predicted octanol–water partition coefficient (Wildman–Crippen LogP) is 5.69. The van der Waals surface area contributed by atoms with Crippen LogP contribution in [0.5, 0.6) is 0 Å². The summed E-state index contributed by atoms with van der Waals surface area (Å²) in [6.45, 7) is 1.85. The normalized spacial score (nSPS) is 11.3. The molecule has 0 fully saturated rings. The SMILES string of the molecule is Cc1cc(Br)c(-n2c(=S)[nH]c3ccc(F)c(F)c32)cc1Cl. The van der Waals surface area contributed by atoms with E-state index in [-0.39, 0.29) is 10.3 Å². The summed E-state index contributed by atoms with van der Waals surface area (Å²) in [6.07, 6.45) is 0. The first-order chi connectivity index (χ1) is 9.90. The average molecular weight is 390 g/mol. The fourth-order valence-corrected chi connectivity index (χ4v) is 3.26. The molecular weight excluding hydrogens is 382 g/mol. The van der Waals surface area contributed by atoms with Crippen molar-refractivity contribution in [1.82, 2.24) is 9.55 Å². The van der Waals surface area contributed by atoms with Gasteiger partial charge in [0.05, 0.1) is 11.2 Å². The van der Waals surface area contributed by atoms with Crippen LogP contribution in [0.1, 0.15) is 5.56 Å². The summed E-state index contributed by atoms with van der Waals surface area (Å²) in [4.78, 5) is 2.86. The molecule has 3 rings (SSSR count). The van der Waals surface area contributed by atoms with Gasteiger partial charge in [-0.25, -0.2) is 8.78 Å². The van der Waals surface area contributed by atoms with E-state index in [1.54, 1.807) is 12.1 Å². The zero-order valence-electron chi connectivity index (χ0n) is 10.7. The van der Waals surface area contributed by atoms with Crippen molar-refractivity contribution in [2.24, 2.45) is 0 Å². The van der Waals surface area contributed by atoms with Crippen LogP contribution in [0.3, 0.4) is 0 Å². The van der Waals surface area contributed by atoms with E-state index in [9.17, 15) is 8.78 Å². The Hall–Kier alpha value is -1.24. The maximum atomic E-state index is 14.2. The number of H-pyrrole nitrogens is 1. The van der Waals surface area contributed by atoms with Gasteiger partial charge < -0.3 is 4.98 Å². The first-order valence-electron chi connectivity index (χ1n) is 5.95. The molecule has 0 aliphatic rings. The van der Waals surface area contributed by atoms with Gasteiger partial charge in [-0.05, 0) is 64.9 Å². The second kappa shape index (κ2) is 5.19. The van der Waals surface area contributed by atoms with E-state index in [1.807, 2.05) is 6.92 Å². The van der Waals surface area contributed by atoms with Crippen LogP contribution in [0.2, 0.25) is 5.02 Å². The van der Waals surface area contributed by atoms with Crippen molar-refractivity contribution >= 4 is 50.8 Å². The summed E-state index contributed by atoms with van der Waals surface area (Å²) in [5.74, 6) is -1.89. The molecule has 7 heteroatoms. The Bertz CT molecular complexity index is 933. The maximum Gasteiger partial charge on any atom is 0.184 e. The number of hydrogen-bond acceptors (Lipinski definition) is 1. The fourth-order valence-electron chi connectivity index (χ4n) is 2.17. The fraction of sp³-hybridized carbons (Fsp3) is 0.0714. The maximum absolute atomic E-state index is 14.2. The topological polar surface area (TPSA) is 20.7 Å². The Morgan fingerprint density at radius 1 is 1.29 bits per heavy atom. The first kappa shape index (κ1) is 14.7. The number of imidazole rings is 1.